The fourth-order valence-electron chi connectivity index (χ4n) is 3.30. The van der Waals surface area contributed by atoms with Crippen molar-refractivity contribution in [2.75, 3.05) is 18.8 Å². The Morgan fingerprint density at radius 2 is 1.57 bits per heavy atom. The minimum absolute atomic E-state index is 0.180. The Morgan fingerprint density at radius 3 is 2.21 bits per heavy atom. The molecule has 1 aromatic heterocycles. The Balaban J connectivity index is 1.85. The van der Waals surface area contributed by atoms with Crippen LogP contribution in [0.5, 0.6) is 0 Å². The first kappa shape index (κ1) is 20.5. The minimum atomic E-state index is 0.180. The van der Waals surface area contributed by atoms with E-state index in [1.807, 2.05) is 41.3 Å². The molecule has 0 spiro atoms. The van der Waals surface area contributed by atoms with Gasteiger partial charge >= 0.3 is 0 Å². The Morgan fingerprint density at radius 1 is 0.964 bits per heavy atom. The number of hydrogen-bond acceptors (Lipinski definition) is 3. The monoisotopic (exact) mass is 395 g/mol. The zero-order valence-corrected chi connectivity index (χ0v) is 17.9. The van der Waals surface area contributed by atoms with Crippen LogP contribution in [0.25, 0.3) is 16.7 Å². The molecule has 5 heteroatoms. The smallest absolute Gasteiger partial charge is 0.233 e. The summed E-state index contributed by atoms with van der Waals surface area (Å²) in [5.41, 5.74) is 3.07. The molecule has 2 aromatic carbocycles. The minimum Gasteiger partial charge on any atom is -0.341 e. The number of aromatic nitrogens is 2. The second kappa shape index (κ2) is 9.28. The number of para-hydroxylation sites is 3. The van der Waals surface area contributed by atoms with Gasteiger partial charge in [-0.05, 0) is 36.1 Å². The van der Waals surface area contributed by atoms with Crippen molar-refractivity contribution in [1.82, 2.24) is 14.5 Å². The molecule has 3 aromatic rings. The van der Waals surface area contributed by atoms with Crippen LogP contribution in [0.2, 0.25) is 0 Å². The van der Waals surface area contributed by atoms with E-state index in [1.54, 1.807) is 0 Å². The summed E-state index contributed by atoms with van der Waals surface area (Å²) in [7, 11) is 0. The molecular weight excluding hydrogens is 366 g/mol. The second-order valence-corrected chi connectivity index (χ2v) is 8.87. The molecule has 0 aliphatic rings. The van der Waals surface area contributed by atoms with Crippen molar-refractivity contribution < 1.29 is 4.79 Å². The van der Waals surface area contributed by atoms with Gasteiger partial charge < -0.3 is 4.90 Å². The van der Waals surface area contributed by atoms with Crippen molar-refractivity contribution in [2.45, 2.75) is 32.9 Å². The highest BCUT2D eigenvalue weighted by Gasteiger charge is 2.19. The van der Waals surface area contributed by atoms with E-state index in [0.717, 1.165) is 35.0 Å². The molecule has 0 unspecified atom stereocenters. The molecule has 0 radical (unpaired) electrons. The maximum Gasteiger partial charge on any atom is 0.233 e. The zero-order chi connectivity index (χ0) is 20.1. The fourth-order valence-corrected chi connectivity index (χ4v) is 4.24. The maximum absolute atomic E-state index is 12.9. The Kier molecular flexibility index (Phi) is 6.79. The highest BCUT2D eigenvalue weighted by atomic mass is 32.2. The molecule has 28 heavy (non-hydrogen) atoms. The maximum atomic E-state index is 12.9. The SMILES string of the molecule is CC(C)CN(CC(C)C)C(=O)CSc1nc2ccccc2n1-c1ccccc1. The number of carbonyl (C=O) groups excluding carboxylic acids is 1. The fraction of sp³-hybridized carbons (Fsp3) is 0.391. The molecule has 1 amide bonds. The summed E-state index contributed by atoms with van der Waals surface area (Å²) < 4.78 is 2.14. The predicted octanol–water partition coefficient (Wildman–Crippen LogP) is 5.26. The van der Waals surface area contributed by atoms with Crippen molar-refractivity contribution in [3.05, 3.63) is 54.6 Å². The second-order valence-electron chi connectivity index (χ2n) is 7.93. The lowest BCUT2D eigenvalue weighted by Crippen LogP contribution is -2.38. The third-order valence-corrected chi connectivity index (χ3v) is 5.32. The van der Waals surface area contributed by atoms with Gasteiger partial charge in [0.1, 0.15) is 0 Å². The van der Waals surface area contributed by atoms with E-state index in [4.69, 9.17) is 4.98 Å². The number of imidazole rings is 1. The molecular formula is C23H29N3OS. The molecule has 0 aliphatic carbocycles. The van der Waals surface area contributed by atoms with Crippen molar-refractivity contribution in [3.63, 3.8) is 0 Å². The first-order valence-electron chi connectivity index (χ1n) is 9.89. The number of carbonyl (C=O) groups is 1. The van der Waals surface area contributed by atoms with Crippen molar-refractivity contribution >= 4 is 28.7 Å². The quantitative estimate of drug-likeness (QED) is 0.488. The van der Waals surface area contributed by atoms with Crippen LogP contribution < -0.4 is 0 Å². The van der Waals surface area contributed by atoms with Gasteiger partial charge in [-0.1, -0.05) is 69.8 Å². The van der Waals surface area contributed by atoms with E-state index >= 15 is 0 Å². The molecule has 0 atom stereocenters. The van der Waals surface area contributed by atoms with Crippen LogP contribution in [0.4, 0.5) is 0 Å². The van der Waals surface area contributed by atoms with Crippen LogP contribution in [0.1, 0.15) is 27.7 Å². The normalized spacial score (nSPS) is 11.5. The van der Waals surface area contributed by atoms with Gasteiger partial charge in [-0.3, -0.25) is 9.36 Å². The molecule has 1 heterocycles. The van der Waals surface area contributed by atoms with Crippen molar-refractivity contribution in [3.8, 4) is 5.69 Å². The van der Waals surface area contributed by atoms with Crippen LogP contribution in [0.15, 0.2) is 59.8 Å². The average molecular weight is 396 g/mol. The molecule has 0 aliphatic heterocycles. The molecule has 0 fully saturated rings. The summed E-state index contributed by atoms with van der Waals surface area (Å²) in [5.74, 6) is 1.50. The lowest BCUT2D eigenvalue weighted by Gasteiger charge is -2.26. The summed E-state index contributed by atoms with van der Waals surface area (Å²) in [6, 6.07) is 18.3. The molecule has 0 saturated carbocycles. The molecule has 0 bridgehead atoms. The molecule has 4 nitrogen and oxygen atoms in total. The largest absolute Gasteiger partial charge is 0.341 e. The topological polar surface area (TPSA) is 38.1 Å². The van der Waals surface area contributed by atoms with E-state index in [9.17, 15) is 4.79 Å². The van der Waals surface area contributed by atoms with Crippen LogP contribution in [-0.2, 0) is 4.79 Å². The van der Waals surface area contributed by atoms with Crippen molar-refractivity contribution in [1.29, 1.82) is 0 Å². The molecule has 0 N–H and O–H groups in total. The number of nitrogens with zero attached hydrogens (tertiary/aromatic N) is 3. The van der Waals surface area contributed by atoms with Gasteiger partial charge in [-0.25, -0.2) is 4.98 Å². The van der Waals surface area contributed by atoms with Gasteiger partial charge in [0.05, 0.1) is 16.8 Å². The number of hydrogen-bond donors (Lipinski definition) is 0. The molecule has 0 saturated heterocycles. The van der Waals surface area contributed by atoms with Crippen molar-refractivity contribution in [2.24, 2.45) is 11.8 Å². The standard InChI is InChI=1S/C23H29N3OS/c1-17(2)14-25(15-18(3)4)22(27)16-28-23-24-20-12-8-9-13-21(20)26(23)19-10-6-5-7-11-19/h5-13,17-18H,14-16H2,1-4H3. The van der Waals surface area contributed by atoms with Gasteiger partial charge in [0, 0.05) is 18.8 Å². The Bertz CT molecular complexity index is 908. The van der Waals surface area contributed by atoms with E-state index < -0.39 is 0 Å². The summed E-state index contributed by atoms with van der Waals surface area (Å²) in [6.07, 6.45) is 0. The van der Waals surface area contributed by atoms with E-state index in [-0.39, 0.29) is 5.91 Å². The lowest BCUT2D eigenvalue weighted by atomic mass is 10.1. The zero-order valence-electron chi connectivity index (χ0n) is 17.1. The van der Waals surface area contributed by atoms with Gasteiger partial charge in [0.25, 0.3) is 0 Å². The third kappa shape index (κ3) is 4.96. The summed E-state index contributed by atoms with van der Waals surface area (Å²) in [4.78, 5) is 19.7. The van der Waals surface area contributed by atoms with Crippen LogP contribution in [-0.4, -0.2) is 39.2 Å². The summed E-state index contributed by atoms with van der Waals surface area (Å²) in [6.45, 7) is 10.2. The highest BCUT2D eigenvalue weighted by Crippen LogP contribution is 2.28. The van der Waals surface area contributed by atoms with E-state index in [0.29, 0.717) is 17.6 Å². The average Bonchev–Trinajstić information content (AvgIpc) is 3.04. The summed E-state index contributed by atoms with van der Waals surface area (Å²) in [5, 5.41) is 0.856. The van der Waals surface area contributed by atoms with Crippen LogP contribution >= 0.6 is 11.8 Å². The van der Waals surface area contributed by atoms with Gasteiger partial charge in [-0.15, -0.1) is 0 Å². The third-order valence-electron chi connectivity index (χ3n) is 4.39. The molecule has 148 valence electrons. The Labute approximate surface area is 172 Å². The van der Waals surface area contributed by atoms with Gasteiger partial charge in [-0.2, -0.15) is 0 Å². The van der Waals surface area contributed by atoms with Crippen LogP contribution in [0, 0.1) is 11.8 Å². The summed E-state index contributed by atoms with van der Waals surface area (Å²) >= 11 is 1.52. The number of rotatable bonds is 8. The Hall–Kier alpha value is -2.27. The van der Waals surface area contributed by atoms with Gasteiger partial charge in [0.2, 0.25) is 5.91 Å². The number of amides is 1. The predicted molar refractivity (Wildman–Crippen MR) is 118 cm³/mol. The first-order valence-corrected chi connectivity index (χ1v) is 10.9. The van der Waals surface area contributed by atoms with E-state index in [1.165, 1.54) is 11.8 Å². The van der Waals surface area contributed by atoms with Gasteiger partial charge in [0.15, 0.2) is 5.16 Å². The molecule has 3 rings (SSSR count). The van der Waals surface area contributed by atoms with Crippen LogP contribution in [0.3, 0.4) is 0 Å². The first-order chi connectivity index (χ1) is 13.5. The van der Waals surface area contributed by atoms with E-state index in [2.05, 4.69) is 50.5 Å². The number of benzene rings is 2. The number of thioether (sulfide) groups is 1. The number of fused-ring (bicyclic) bond motifs is 1. The highest BCUT2D eigenvalue weighted by molar-refractivity contribution is 7.99. The lowest BCUT2D eigenvalue weighted by molar-refractivity contribution is -0.129.